The van der Waals surface area contributed by atoms with Gasteiger partial charge >= 0.3 is 0 Å². The summed E-state index contributed by atoms with van der Waals surface area (Å²) in [4.78, 5) is 15.3. The molecule has 0 amide bonds. The van der Waals surface area contributed by atoms with Crippen LogP contribution in [0.1, 0.15) is 12.0 Å². The molecule has 0 atom stereocenters. The van der Waals surface area contributed by atoms with E-state index in [0.29, 0.717) is 11.3 Å². The van der Waals surface area contributed by atoms with Crippen molar-refractivity contribution in [3.63, 3.8) is 0 Å². The van der Waals surface area contributed by atoms with E-state index in [0.717, 1.165) is 9.69 Å². The Kier molecular flexibility index (Phi) is 6.59. The standard InChI is InChI=1S/C20H21ClN2O5S/c1-28-16-8-7-14-11-15(20(25)22-18(14)12-16)13-23(9-4-10-24)29(26,27)19-6-3-2-5-17(19)21/h2-3,5-8,11-12,24H,4,9-10,13H2,1H3,(H,22,25). The lowest BCUT2D eigenvalue weighted by Gasteiger charge is -2.22. The fourth-order valence-electron chi connectivity index (χ4n) is 2.98. The first-order valence-corrected chi connectivity index (χ1v) is 10.7. The Labute approximate surface area is 173 Å². The number of pyridine rings is 1. The van der Waals surface area contributed by atoms with Crippen molar-refractivity contribution in [3.8, 4) is 5.75 Å². The fraction of sp³-hybridized carbons (Fsp3) is 0.250. The van der Waals surface area contributed by atoms with E-state index in [1.807, 2.05) is 0 Å². The van der Waals surface area contributed by atoms with Gasteiger partial charge in [0, 0.05) is 31.3 Å². The van der Waals surface area contributed by atoms with Crippen LogP contribution >= 0.6 is 11.6 Å². The summed E-state index contributed by atoms with van der Waals surface area (Å²) in [6.45, 7) is -0.280. The van der Waals surface area contributed by atoms with Gasteiger partial charge in [0.05, 0.1) is 17.6 Å². The van der Waals surface area contributed by atoms with E-state index in [-0.39, 0.29) is 41.6 Å². The zero-order valence-electron chi connectivity index (χ0n) is 15.8. The number of benzene rings is 2. The predicted octanol–water partition coefficient (Wildman–Crippen LogP) is 2.76. The minimum atomic E-state index is -3.97. The second kappa shape index (κ2) is 8.96. The van der Waals surface area contributed by atoms with Crippen molar-refractivity contribution in [2.75, 3.05) is 20.3 Å². The highest BCUT2D eigenvalue weighted by Crippen LogP contribution is 2.26. The van der Waals surface area contributed by atoms with Crippen molar-refractivity contribution in [1.82, 2.24) is 9.29 Å². The van der Waals surface area contributed by atoms with Crippen LogP contribution in [0.4, 0.5) is 0 Å². The normalized spacial score (nSPS) is 11.9. The maximum Gasteiger partial charge on any atom is 0.252 e. The van der Waals surface area contributed by atoms with Crippen LogP contribution in [0, 0.1) is 0 Å². The van der Waals surface area contributed by atoms with E-state index in [9.17, 15) is 18.3 Å². The largest absolute Gasteiger partial charge is 0.497 e. The van der Waals surface area contributed by atoms with Gasteiger partial charge in [-0.05, 0) is 42.1 Å². The molecular weight excluding hydrogens is 416 g/mol. The second-order valence-corrected chi connectivity index (χ2v) is 8.74. The number of rotatable bonds is 8. The van der Waals surface area contributed by atoms with E-state index < -0.39 is 15.6 Å². The number of ether oxygens (including phenoxy) is 1. The third kappa shape index (κ3) is 4.62. The number of hydrogen-bond donors (Lipinski definition) is 2. The van der Waals surface area contributed by atoms with Crippen LogP contribution in [0.5, 0.6) is 5.75 Å². The van der Waals surface area contributed by atoms with Crippen molar-refractivity contribution >= 4 is 32.5 Å². The van der Waals surface area contributed by atoms with Gasteiger partial charge in [0.25, 0.3) is 5.56 Å². The number of hydrogen-bond acceptors (Lipinski definition) is 5. The van der Waals surface area contributed by atoms with Crippen LogP contribution in [0.2, 0.25) is 5.02 Å². The van der Waals surface area contributed by atoms with Crippen LogP contribution in [0.25, 0.3) is 10.9 Å². The molecule has 7 nitrogen and oxygen atoms in total. The maximum absolute atomic E-state index is 13.2. The monoisotopic (exact) mass is 436 g/mol. The van der Waals surface area contributed by atoms with Gasteiger partial charge in [-0.2, -0.15) is 4.31 Å². The zero-order chi connectivity index (χ0) is 21.0. The molecule has 0 aliphatic carbocycles. The maximum atomic E-state index is 13.2. The first-order chi connectivity index (χ1) is 13.9. The van der Waals surface area contributed by atoms with Gasteiger partial charge < -0.3 is 14.8 Å². The number of nitrogens with one attached hydrogen (secondary N) is 1. The average Bonchev–Trinajstić information content (AvgIpc) is 2.71. The molecule has 1 heterocycles. The van der Waals surface area contributed by atoms with Crippen LogP contribution in [-0.4, -0.2) is 43.1 Å². The summed E-state index contributed by atoms with van der Waals surface area (Å²) in [6.07, 6.45) is 0.229. The van der Waals surface area contributed by atoms with E-state index in [4.69, 9.17) is 16.3 Å². The molecule has 3 rings (SSSR count). The molecule has 0 aliphatic heterocycles. The summed E-state index contributed by atoms with van der Waals surface area (Å²) in [7, 11) is -2.43. The molecule has 0 saturated carbocycles. The minimum absolute atomic E-state index is 0.0402. The van der Waals surface area contributed by atoms with Gasteiger partial charge in [0.15, 0.2) is 0 Å². The average molecular weight is 437 g/mol. The fourth-order valence-corrected chi connectivity index (χ4v) is 4.93. The molecule has 9 heteroatoms. The van der Waals surface area contributed by atoms with Crippen LogP contribution < -0.4 is 10.3 Å². The van der Waals surface area contributed by atoms with Crippen LogP contribution in [0.15, 0.2) is 58.2 Å². The molecule has 0 unspecified atom stereocenters. The summed E-state index contributed by atoms with van der Waals surface area (Å²) in [5.74, 6) is 0.603. The number of halogens is 1. The molecule has 0 saturated heterocycles. The van der Waals surface area contributed by atoms with Gasteiger partial charge in [-0.3, -0.25) is 4.79 Å². The minimum Gasteiger partial charge on any atom is -0.497 e. The molecule has 29 heavy (non-hydrogen) atoms. The molecule has 0 bridgehead atoms. The summed E-state index contributed by atoms with van der Waals surface area (Å²) in [5.41, 5.74) is 0.485. The predicted molar refractivity (Wildman–Crippen MR) is 112 cm³/mol. The Hall–Kier alpha value is -2.39. The number of H-pyrrole nitrogens is 1. The summed E-state index contributed by atoms with van der Waals surface area (Å²) < 4.78 is 32.6. The second-order valence-electron chi connectivity index (χ2n) is 6.42. The number of nitrogens with zero attached hydrogens (tertiary/aromatic N) is 1. The molecule has 0 spiro atoms. The van der Waals surface area contributed by atoms with Gasteiger partial charge in [0.2, 0.25) is 10.0 Å². The van der Waals surface area contributed by atoms with E-state index >= 15 is 0 Å². The Bertz CT molecular complexity index is 1180. The van der Waals surface area contributed by atoms with E-state index in [2.05, 4.69) is 4.98 Å². The molecule has 0 radical (unpaired) electrons. The highest BCUT2D eigenvalue weighted by molar-refractivity contribution is 7.89. The summed E-state index contributed by atoms with van der Waals surface area (Å²) in [5, 5.41) is 10.0. The number of aliphatic hydroxyl groups excluding tert-OH is 1. The van der Waals surface area contributed by atoms with Crippen LogP contribution in [0.3, 0.4) is 0 Å². The topological polar surface area (TPSA) is 99.7 Å². The van der Waals surface area contributed by atoms with Crippen molar-refractivity contribution < 1.29 is 18.3 Å². The quantitative estimate of drug-likeness (QED) is 0.565. The number of methoxy groups -OCH3 is 1. The van der Waals surface area contributed by atoms with Gasteiger partial charge in [-0.1, -0.05) is 23.7 Å². The first kappa shape index (κ1) is 21.3. The molecular formula is C20H21ClN2O5S. The van der Waals surface area contributed by atoms with Gasteiger partial charge in [-0.25, -0.2) is 8.42 Å². The molecule has 3 aromatic rings. The zero-order valence-corrected chi connectivity index (χ0v) is 17.3. The molecule has 1 aromatic heterocycles. The number of fused-ring (bicyclic) bond motifs is 1. The number of aromatic amines is 1. The SMILES string of the molecule is COc1ccc2cc(CN(CCCO)S(=O)(=O)c3ccccc3Cl)c(=O)[nH]c2c1. The Morgan fingerprint density at radius 1 is 1.17 bits per heavy atom. The van der Waals surface area contributed by atoms with Crippen molar-refractivity contribution in [2.24, 2.45) is 0 Å². The van der Waals surface area contributed by atoms with Gasteiger partial charge in [-0.15, -0.1) is 0 Å². The number of sulfonamides is 1. The molecule has 0 aliphatic rings. The summed E-state index contributed by atoms with van der Waals surface area (Å²) >= 11 is 6.09. The highest BCUT2D eigenvalue weighted by Gasteiger charge is 2.27. The first-order valence-electron chi connectivity index (χ1n) is 8.92. The Morgan fingerprint density at radius 3 is 2.62 bits per heavy atom. The van der Waals surface area contributed by atoms with Crippen molar-refractivity contribution in [1.29, 1.82) is 0 Å². The van der Waals surface area contributed by atoms with E-state index in [1.165, 1.54) is 19.2 Å². The summed E-state index contributed by atoms with van der Waals surface area (Å²) in [6, 6.07) is 13.0. The number of aliphatic hydroxyl groups is 1. The van der Waals surface area contributed by atoms with E-state index in [1.54, 1.807) is 36.4 Å². The molecule has 2 N–H and O–H groups in total. The lowest BCUT2D eigenvalue weighted by molar-refractivity contribution is 0.267. The third-order valence-electron chi connectivity index (χ3n) is 4.50. The highest BCUT2D eigenvalue weighted by atomic mass is 35.5. The molecule has 0 fully saturated rings. The molecule has 2 aromatic carbocycles. The number of aromatic nitrogens is 1. The third-order valence-corrected chi connectivity index (χ3v) is 6.84. The van der Waals surface area contributed by atoms with Crippen molar-refractivity contribution in [3.05, 3.63) is 69.5 Å². The van der Waals surface area contributed by atoms with Crippen molar-refractivity contribution in [2.45, 2.75) is 17.9 Å². The molecule has 154 valence electrons. The lowest BCUT2D eigenvalue weighted by atomic mass is 10.1. The lowest BCUT2D eigenvalue weighted by Crippen LogP contribution is -2.34. The Balaban J connectivity index is 2.02. The van der Waals surface area contributed by atoms with Gasteiger partial charge in [0.1, 0.15) is 10.6 Å². The Morgan fingerprint density at radius 2 is 1.93 bits per heavy atom. The van der Waals surface area contributed by atoms with Crippen LogP contribution in [-0.2, 0) is 16.6 Å². The smallest absolute Gasteiger partial charge is 0.252 e.